The van der Waals surface area contributed by atoms with E-state index in [2.05, 4.69) is 27.7 Å². The van der Waals surface area contributed by atoms with Crippen molar-refractivity contribution in [3.05, 3.63) is 67.5 Å². The first-order chi connectivity index (χ1) is 13.8. The molecule has 0 unspecified atom stereocenters. The van der Waals surface area contributed by atoms with Crippen molar-refractivity contribution < 1.29 is 13.2 Å². The Hall–Kier alpha value is -1.71. The minimum Gasteiger partial charge on any atom is -0.324 e. The second-order valence-electron chi connectivity index (χ2n) is 6.90. The van der Waals surface area contributed by atoms with E-state index in [1.54, 1.807) is 22.7 Å². The summed E-state index contributed by atoms with van der Waals surface area (Å²) in [6.45, 7) is 0.970. The van der Waals surface area contributed by atoms with Gasteiger partial charge in [0.05, 0.1) is 28.2 Å². The highest BCUT2D eigenvalue weighted by molar-refractivity contribution is 7.90. The minimum absolute atomic E-state index is 0.0496. The topological polar surface area (TPSA) is 66.5 Å². The van der Waals surface area contributed by atoms with E-state index in [-0.39, 0.29) is 23.4 Å². The van der Waals surface area contributed by atoms with Crippen LogP contribution in [0.25, 0.3) is 0 Å². The van der Waals surface area contributed by atoms with Gasteiger partial charge in [-0.15, -0.1) is 22.7 Å². The van der Waals surface area contributed by atoms with Crippen molar-refractivity contribution in [3.63, 3.8) is 0 Å². The summed E-state index contributed by atoms with van der Waals surface area (Å²) < 4.78 is 23.6. The van der Waals surface area contributed by atoms with Gasteiger partial charge in [-0.1, -0.05) is 17.7 Å². The van der Waals surface area contributed by atoms with E-state index in [9.17, 15) is 13.2 Å². The van der Waals surface area contributed by atoms with Crippen LogP contribution >= 0.6 is 34.3 Å². The van der Waals surface area contributed by atoms with Gasteiger partial charge in [-0.3, -0.25) is 9.69 Å². The van der Waals surface area contributed by atoms with E-state index in [0.29, 0.717) is 10.7 Å². The Balaban J connectivity index is 1.55. The van der Waals surface area contributed by atoms with Crippen molar-refractivity contribution in [2.75, 3.05) is 24.7 Å². The Bertz CT molecular complexity index is 1140. The molecule has 9 heteroatoms. The third-order valence-corrected chi connectivity index (χ3v) is 8.23. The second-order valence-corrected chi connectivity index (χ2v) is 11.3. The molecule has 1 aliphatic heterocycles. The van der Waals surface area contributed by atoms with Crippen molar-refractivity contribution in [2.45, 2.75) is 17.4 Å². The number of carbonyl (C=O) groups excluding carboxylic acids is 1. The Morgan fingerprint density at radius 3 is 2.79 bits per heavy atom. The molecule has 5 nitrogen and oxygen atoms in total. The number of benzene rings is 1. The predicted molar refractivity (Wildman–Crippen MR) is 119 cm³/mol. The maximum atomic E-state index is 12.8. The third-order valence-electron chi connectivity index (χ3n) is 4.87. The molecule has 0 saturated carbocycles. The number of halogens is 1. The number of hydrogen-bond acceptors (Lipinski definition) is 6. The van der Waals surface area contributed by atoms with Crippen LogP contribution in [0.1, 0.15) is 21.4 Å². The second kappa shape index (κ2) is 8.20. The van der Waals surface area contributed by atoms with Gasteiger partial charge in [0.15, 0.2) is 9.84 Å². The lowest BCUT2D eigenvalue weighted by molar-refractivity contribution is -0.117. The number of sulfone groups is 1. The Kier molecular flexibility index (Phi) is 5.81. The number of carbonyl (C=O) groups is 1. The first-order valence-electron chi connectivity index (χ1n) is 8.96. The molecule has 2 aromatic heterocycles. The third kappa shape index (κ3) is 4.41. The molecule has 4 rings (SSSR count). The molecule has 0 bridgehead atoms. The molecule has 1 N–H and O–H groups in total. The zero-order valence-corrected chi connectivity index (χ0v) is 18.8. The average molecular weight is 467 g/mol. The smallest absolute Gasteiger partial charge is 0.238 e. The van der Waals surface area contributed by atoms with Crippen LogP contribution in [0, 0.1) is 0 Å². The maximum Gasteiger partial charge on any atom is 0.238 e. The van der Waals surface area contributed by atoms with Crippen LogP contribution in [0.15, 0.2) is 52.1 Å². The van der Waals surface area contributed by atoms with Crippen molar-refractivity contribution in [2.24, 2.45) is 0 Å². The number of rotatable bonds is 5. The molecule has 0 radical (unpaired) electrons. The molecule has 152 valence electrons. The lowest BCUT2D eigenvalue weighted by Crippen LogP contribution is -2.40. The highest BCUT2D eigenvalue weighted by Gasteiger charge is 2.31. The lowest BCUT2D eigenvalue weighted by atomic mass is 9.98. The SMILES string of the molecule is CS(=O)(=O)c1ccc(Cl)c(NC(=O)CN2CCc3sccc3[C@@H]2c2cccs2)c1. The van der Waals surface area contributed by atoms with Crippen LogP contribution in [-0.4, -0.2) is 38.6 Å². The van der Waals surface area contributed by atoms with Gasteiger partial charge in [-0.25, -0.2) is 8.42 Å². The quantitative estimate of drug-likeness (QED) is 0.603. The zero-order valence-electron chi connectivity index (χ0n) is 15.6. The normalized spacial score (nSPS) is 17.1. The van der Waals surface area contributed by atoms with Gasteiger partial charge < -0.3 is 5.32 Å². The van der Waals surface area contributed by atoms with Crippen LogP contribution in [0.5, 0.6) is 0 Å². The summed E-state index contributed by atoms with van der Waals surface area (Å²) in [6, 6.07) is 10.6. The number of thiophene rings is 2. The molecule has 1 aliphatic rings. The summed E-state index contributed by atoms with van der Waals surface area (Å²) in [6.07, 6.45) is 2.03. The fraction of sp³-hybridized carbons (Fsp3) is 0.250. The van der Waals surface area contributed by atoms with Gasteiger partial charge in [0.1, 0.15) is 0 Å². The number of fused-ring (bicyclic) bond motifs is 1. The summed E-state index contributed by atoms with van der Waals surface area (Å²) in [7, 11) is -3.39. The molecule has 1 amide bonds. The molecule has 1 aromatic carbocycles. The highest BCUT2D eigenvalue weighted by Crippen LogP contribution is 2.39. The summed E-state index contributed by atoms with van der Waals surface area (Å²) in [5, 5.41) is 7.24. The molecule has 0 aliphatic carbocycles. The number of nitrogens with zero attached hydrogens (tertiary/aromatic N) is 1. The van der Waals surface area contributed by atoms with E-state index in [4.69, 9.17) is 11.6 Å². The largest absolute Gasteiger partial charge is 0.324 e. The molecule has 29 heavy (non-hydrogen) atoms. The summed E-state index contributed by atoms with van der Waals surface area (Å²) in [4.78, 5) is 17.6. The van der Waals surface area contributed by atoms with Gasteiger partial charge in [-0.2, -0.15) is 0 Å². The summed E-state index contributed by atoms with van der Waals surface area (Å²) in [5.41, 5.74) is 1.56. The van der Waals surface area contributed by atoms with Gasteiger partial charge >= 0.3 is 0 Å². The first-order valence-corrected chi connectivity index (χ1v) is 13.0. The Labute approximate surface area is 182 Å². The fourth-order valence-corrected chi connectivity index (χ4v) is 6.12. The average Bonchev–Trinajstić information content (AvgIpc) is 3.34. The van der Waals surface area contributed by atoms with Crippen molar-refractivity contribution >= 4 is 55.7 Å². The fourth-order valence-electron chi connectivity index (χ4n) is 3.52. The van der Waals surface area contributed by atoms with E-state index >= 15 is 0 Å². The van der Waals surface area contributed by atoms with Crippen LogP contribution in [-0.2, 0) is 21.1 Å². The van der Waals surface area contributed by atoms with E-state index in [1.165, 1.54) is 33.5 Å². The highest BCUT2D eigenvalue weighted by atomic mass is 35.5. The Morgan fingerprint density at radius 1 is 1.24 bits per heavy atom. The molecule has 0 spiro atoms. The zero-order chi connectivity index (χ0) is 20.6. The van der Waals surface area contributed by atoms with Crippen LogP contribution in [0.2, 0.25) is 5.02 Å². The molecular weight excluding hydrogens is 448 g/mol. The summed E-state index contributed by atoms with van der Waals surface area (Å²) in [5.74, 6) is -0.224. The van der Waals surface area contributed by atoms with Crippen molar-refractivity contribution in [3.8, 4) is 0 Å². The van der Waals surface area contributed by atoms with Gasteiger partial charge in [-0.05, 0) is 53.1 Å². The lowest BCUT2D eigenvalue weighted by Gasteiger charge is -2.34. The summed E-state index contributed by atoms with van der Waals surface area (Å²) >= 11 is 9.62. The molecule has 3 aromatic rings. The predicted octanol–water partition coefficient (Wildman–Crippen LogP) is 4.45. The van der Waals surface area contributed by atoms with E-state index in [1.807, 2.05) is 11.4 Å². The number of anilines is 1. The monoisotopic (exact) mass is 466 g/mol. The maximum absolute atomic E-state index is 12.8. The molecular formula is C20H19ClN2O3S3. The van der Waals surface area contributed by atoms with Crippen molar-refractivity contribution in [1.29, 1.82) is 0 Å². The first kappa shape index (κ1) is 20.6. The minimum atomic E-state index is -3.39. The van der Waals surface area contributed by atoms with Crippen LogP contribution < -0.4 is 5.32 Å². The van der Waals surface area contributed by atoms with E-state index < -0.39 is 9.84 Å². The molecule has 3 heterocycles. The number of hydrogen-bond donors (Lipinski definition) is 1. The van der Waals surface area contributed by atoms with Crippen LogP contribution in [0.4, 0.5) is 5.69 Å². The molecule has 0 fully saturated rings. The van der Waals surface area contributed by atoms with Gasteiger partial charge in [0.25, 0.3) is 0 Å². The molecule has 1 atom stereocenters. The van der Waals surface area contributed by atoms with Gasteiger partial charge in [0, 0.05) is 22.6 Å². The van der Waals surface area contributed by atoms with Crippen LogP contribution in [0.3, 0.4) is 0 Å². The van der Waals surface area contributed by atoms with Gasteiger partial charge in [0.2, 0.25) is 5.91 Å². The number of amides is 1. The Morgan fingerprint density at radius 2 is 2.07 bits per heavy atom. The molecule has 0 saturated heterocycles. The standard InChI is InChI=1S/C20H19ClN2O3S3/c1-29(25,26)13-4-5-15(21)16(11-13)22-19(24)12-23-8-6-17-14(7-10-28-17)20(23)18-3-2-9-27-18/h2-5,7,9-11,20H,6,8,12H2,1H3,(H,22,24)/t20-/m1/s1. The van der Waals surface area contributed by atoms with E-state index in [0.717, 1.165) is 19.2 Å². The number of nitrogens with one attached hydrogen (secondary N) is 1. The van der Waals surface area contributed by atoms with Crippen molar-refractivity contribution in [1.82, 2.24) is 4.90 Å².